The molecular formula is C18H15FN2O2S. The normalized spacial score (nSPS) is 12.7. The van der Waals surface area contributed by atoms with Gasteiger partial charge in [-0.05, 0) is 29.8 Å². The van der Waals surface area contributed by atoms with E-state index in [1.165, 1.54) is 18.2 Å². The third-order valence-electron chi connectivity index (χ3n) is 3.52. The summed E-state index contributed by atoms with van der Waals surface area (Å²) in [6.45, 7) is 0. The lowest BCUT2D eigenvalue weighted by Gasteiger charge is -2.19. The van der Waals surface area contributed by atoms with Crippen molar-refractivity contribution in [1.82, 2.24) is 9.71 Å². The van der Waals surface area contributed by atoms with Crippen molar-refractivity contribution in [2.75, 3.05) is 0 Å². The molecule has 1 atom stereocenters. The van der Waals surface area contributed by atoms with Crippen LogP contribution in [0.5, 0.6) is 0 Å². The second-order valence-corrected chi connectivity index (χ2v) is 6.83. The zero-order chi connectivity index (χ0) is 17.0. The fourth-order valence-corrected chi connectivity index (χ4v) is 3.65. The minimum atomic E-state index is -4.05. The van der Waals surface area contributed by atoms with Crippen molar-refractivity contribution < 1.29 is 12.8 Å². The Morgan fingerprint density at radius 3 is 2.21 bits per heavy atom. The number of hydrogen-bond donors (Lipinski definition) is 1. The molecule has 1 heterocycles. The van der Waals surface area contributed by atoms with Crippen LogP contribution in [0.2, 0.25) is 0 Å². The summed E-state index contributed by atoms with van der Waals surface area (Å²) in [4.78, 5) is 3.85. The number of nitrogens with zero attached hydrogens (tertiary/aromatic N) is 1. The van der Waals surface area contributed by atoms with E-state index in [-0.39, 0.29) is 4.90 Å². The molecule has 0 radical (unpaired) electrons. The molecule has 0 saturated heterocycles. The molecule has 0 fully saturated rings. The van der Waals surface area contributed by atoms with E-state index in [2.05, 4.69) is 9.71 Å². The lowest BCUT2D eigenvalue weighted by molar-refractivity contribution is 0.549. The largest absolute Gasteiger partial charge is 0.259 e. The number of benzene rings is 2. The van der Waals surface area contributed by atoms with Gasteiger partial charge in [-0.15, -0.1) is 0 Å². The van der Waals surface area contributed by atoms with Crippen LogP contribution < -0.4 is 4.72 Å². The van der Waals surface area contributed by atoms with Gasteiger partial charge < -0.3 is 0 Å². The monoisotopic (exact) mass is 342 g/mol. The molecule has 3 aromatic rings. The van der Waals surface area contributed by atoms with Crippen LogP contribution in [-0.2, 0) is 10.0 Å². The average molecular weight is 342 g/mol. The molecule has 0 aliphatic heterocycles. The highest BCUT2D eigenvalue weighted by atomic mass is 32.2. The molecule has 0 aliphatic rings. The van der Waals surface area contributed by atoms with Crippen molar-refractivity contribution in [3.05, 3.63) is 96.1 Å². The number of nitrogens with one attached hydrogen (secondary N) is 1. The van der Waals surface area contributed by atoms with Crippen molar-refractivity contribution in [3.8, 4) is 0 Å². The Balaban J connectivity index is 2.03. The number of pyridine rings is 1. The molecule has 2 aromatic carbocycles. The summed E-state index contributed by atoms with van der Waals surface area (Å²) in [5, 5.41) is 0. The molecule has 4 nitrogen and oxygen atoms in total. The molecule has 0 saturated carbocycles. The van der Waals surface area contributed by atoms with E-state index in [4.69, 9.17) is 0 Å². The summed E-state index contributed by atoms with van der Waals surface area (Å²) in [5.41, 5.74) is 1.25. The molecule has 6 heteroatoms. The fourth-order valence-electron chi connectivity index (χ4n) is 2.37. The smallest absolute Gasteiger partial charge is 0.244 e. The van der Waals surface area contributed by atoms with Crippen LogP contribution in [0, 0.1) is 5.82 Å². The first-order chi connectivity index (χ1) is 11.6. The number of halogens is 1. The van der Waals surface area contributed by atoms with Crippen LogP contribution in [-0.4, -0.2) is 13.4 Å². The number of hydrogen-bond acceptors (Lipinski definition) is 3. The van der Waals surface area contributed by atoms with Crippen LogP contribution in [0.3, 0.4) is 0 Å². The van der Waals surface area contributed by atoms with Gasteiger partial charge >= 0.3 is 0 Å². The van der Waals surface area contributed by atoms with Crippen molar-refractivity contribution in [3.63, 3.8) is 0 Å². The summed E-state index contributed by atoms with van der Waals surface area (Å²) >= 11 is 0. The maximum Gasteiger partial charge on any atom is 0.244 e. The molecule has 1 unspecified atom stereocenters. The second kappa shape index (κ2) is 6.90. The second-order valence-electron chi connectivity index (χ2n) is 5.15. The van der Waals surface area contributed by atoms with Crippen molar-refractivity contribution >= 4 is 10.0 Å². The first-order valence-corrected chi connectivity index (χ1v) is 8.79. The van der Waals surface area contributed by atoms with Crippen LogP contribution in [0.4, 0.5) is 4.39 Å². The van der Waals surface area contributed by atoms with E-state index in [9.17, 15) is 12.8 Å². The summed E-state index contributed by atoms with van der Waals surface area (Å²) < 4.78 is 41.7. The summed E-state index contributed by atoms with van der Waals surface area (Å²) in [6.07, 6.45) is 1.59. The van der Waals surface area contributed by atoms with Crippen molar-refractivity contribution in [1.29, 1.82) is 0 Å². The Hall–Kier alpha value is -2.57. The van der Waals surface area contributed by atoms with Crippen LogP contribution >= 0.6 is 0 Å². The predicted octanol–water partition coefficient (Wildman–Crippen LogP) is 3.29. The maximum atomic E-state index is 13.9. The van der Waals surface area contributed by atoms with Crippen molar-refractivity contribution in [2.45, 2.75) is 10.9 Å². The van der Waals surface area contributed by atoms with E-state index in [1.807, 2.05) is 18.2 Å². The van der Waals surface area contributed by atoms with E-state index in [1.54, 1.807) is 36.5 Å². The Morgan fingerprint density at radius 1 is 0.875 bits per heavy atom. The van der Waals surface area contributed by atoms with Gasteiger partial charge in [0.25, 0.3) is 0 Å². The Morgan fingerprint density at radius 2 is 1.54 bits per heavy atom. The van der Waals surface area contributed by atoms with Gasteiger partial charge in [0.05, 0.1) is 11.7 Å². The quantitative estimate of drug-likeness (QED) is 0.774. The SMILES string of the molecule is O=S(=O)(NC(c1ccccc1)c1ccccn1)c1ccccc1F. The van der Waals surface area contributed by atoms with Gasteiger partial charge in [0.1, 0.15) is 10.7 Å². The molecule has 122 valence electrons. The van der Waals surface area contributed by atoms with Gasteiger partial charge in [-0.1, -0.05) is 48.5 Å². The summed E-state index contributed by atoms with van der Waals surface area (Å²) in [5.74, 6) is -0.794. The zero-order valence-corrected chi connectivity index (χ0v) is 13.4. The van der Waals surface area contributed by atoms with E-state index < -0.39 is 21.9 Å². The topological polar surface area (TPSA) is 59.1 Å². The highest BCUT2D eigenvalue weighted by molar-refractivity contribution is 7.89. The number of rotatable bonds is 5. The number of sulfonamides is 1. The minimum Gasteiger partial charge on any atom is -0.259 e. The van der Waals surface area contributed by atoms with Gasteiger partial charge in [0.2, 0.25) is 10.0 Å². The molecule has 1 aromatic heterocycles. The molecule has 24 heavy (non-hydrogen) atoms. The van der Waals surface area contributed by atoms with Gasteiger partial charge in [0.15, 0.2) is 0 Å². The van der Waals surface area contributed by atoms with E-state index in [0.29, 0.717) is 5.69 Å². The molecule has 3 rings (SSSR count). The molecule has 1 N–H and O–H groups in total. The van der Waals surface area contributed by atoms with E-state index >= 15 is 0 Å². The fraction of sp³-hybridized carbons (Fsp3) is 0.0556. The Kier molecular flexibility index (Phi) is 4.69. The first kappa shape index (κ1) is 16.3. The van der Waals surface area contributed by atoms with Crippen LogP contribution in [0.15, 0.2) is 83.9 Å². The van der Waals surface area contributed by atoms with Gasteiger partial charge in [-0.2, -0.15) is 4.72 Å². The third-order valence-corrected chi connectivity index (χ3v) is 4.97. The standard InChI is InChI=1S/C18H15FN2O2S/c19-15-10-4-5-12-17(15)24(22,23)21-18(14-8-2-1-3-9-14)16-11-6-7-13-20-16/h1-13,18,21H. The first-order valence-electron chi connectivity index (χ1n) is 7.31. The Labute approximate surface area is 140 Å². The lowest BCUT2D eigenvalue weighted by atomic mass is 10.0. The van der Waals surface area contributed by atoms with Gasteiger partial charge in [-0.25, -0.2) is 12.8 Å². The molecule has 0 aliphatic carbocycles. The highest BCUT2D eigenvalue weighted by Gasteiger charge is 2.25. The maximum absolute atomic E-state index is 13.9. The van der Waals surface area contributed by atoms with Crippen LogP contribution in [0.1, 0.15) is 17.3 Å². The average Bonchev–Trinajstić information content (AvgIpc) is 2.61. The molecular weight excluding hydrogens is 327 g/mol. The van der Waals surface area contributed by atoms with Gasteiger partial charge in [-0.3, -0.25) is 4.98 Å². The van der Waals surface area contributed by atoms with Gasteiger partial charge in [0, 0.05) is 6.20 Å². The third kappa shape index (κ3) is 3.50. The van der Waals surface area contributed by atoms with Crippen LogP contribution in [0.25, 0.3) is 0 Å². The minimum absolute atomic E-state index is 0.387. The molecule has 0 bridgehead atoms. The van der Waals surface area contributed by atoms with Crippen molar-refractivity contribution in [2.24, 2.45) is 0 Å². The Bertz CT molecular complexity index is 877. The van der Waals surface area contributed by atoms with E-state index in [0.717, 1.165) is 11.6 Å². The molecule has 0 spiro atoms. The summed E-state index contributed by atoms with van der Waals surface area (Å²) in [7, 11) is -4.05. The summed E-state index contributed by atoms with van der Waals surface area (Å²) in [6, 6.07) is 18.9. The predicted molar refractivity (Wildman–Crippen MR) is 89.2 cm³/mol. The molecule has 0 amide bonds. The number of aromatic nitrogens is 1. The lowest BCUT2D eigenvalue weighted by Crippen LogP contribution is -2.30. The zero-order valence-electron chi connectivity index (χ0n) is 12.6. The highest BCUT2D eigenvalue weighted by Crippen LogP contribution is 2.23.